The van der Waals surface area contributed by atoms with Gasteiger partial charge in [-0.2, -0.15) is 0 Å². The maximum atomic E-state index is 10.6. The molecule has 0 aliphatic carbocycles. The van der Waals surface area contributed by atoms with Gasteiger partial charge in [-0.05, 0) is 49.2 Å². The van der Waals surface area contributed by atoms with Gasteiger partial charge in [0.15, 0.2) is 0 Å². The van der Waals surface area contributed by atoms with Gasteiger partial charge in [0.1, 0.15) is 6.29 Å². The molecular formula is C20H21NO. The van der Waals surface area contributed by atoms with Crippen LogP contribution >= 0.6 is 0 Å². The summed E-state index contributed by atoms with van der Waals surface area (Å²) < 4.78 is 0. The Hall–Kier alpha value is -2.53. The monoisotopic (exact) mass is 291 g/mol. The van der Waals surface area contributed by atoms with Gasteiger partial charge in [-0.25, -0.2) is 0 Å². The fraction of sp³-hybridized carbons (Fsp3) is 0.250. The topological polar surface area (TPSA) is 29.1 Å². The maximum Gasteiger partial charge on any atom is 0.150 e. The lowest BCUT2D eigenvalue weighted by Crippen LogP contribution is -2.01. The standard InChI is InChI=1S/C20H21NO/c22-17-19-12-14-20(15-13-19)21-16-8-3-1-2-5-9-18-10-6-4-7-11-18/h4,6-7,10-15,17,21H,1-3,8,16H2. The average molecular weight is 291 g/mol. The van der Waals surface area contributed by atoms with Crippen LogP contribution in [0.5, 0.6) is 0 Å². The first-order chi connectivity index (χ1) is 10.9. The summed E-state index contributed by atoms with van der Waals surface area (Å²) in [5.74, 6) is 6.40. The molecule has 2 aromatic carbocycles. The zero-order valence-corrected chi connectivity index (χ0v) is 12.7. The predicted molar refractivity (Wildman–Crippen MR) is 92.1 cm³/mol. The molecule has 0 fully saturated rings. The number of hydrogen-bond acceptors (Lipinski definition) is 2. The summed E-state index contributed by atoms with van der Waals surface area (Å²) in [6.07, 6.45) is 5.24. The molecule has 1 N–H and O–H groups in total. The Morgan fingerprint density at radius 2 is 1.68 bits per heavy atom. The Balaban J connectivity index is 1.56. The van der Waals surface area contributed by atoms with Crippen LogP contribution < -0.4 is 5.32 Å². The molecule has 2 nitrogen and oxygen atoms in total. The molecule has 0 amide bonds. The van der Waals surface area contributed by atoms with Gasteiger partial charge in [-0.15, -0.1) is 0 Å². The highest BCUT2D eigenvalue weighted by Gasteiger charge is 1.93. The summed E-state index contributed by atoms with van der Waals surface area (Å²) in [5.41, 5.74) is 2.86. The van der Waals surface area contributed by atoms with Gasteiger partial charge in [0.2, 0.25) is 0 Å². The fourth-order valence-electron chi connectivity index (χ4n) is 2.11. The molecule has 0 saturated carbocycles. The van der Waals surface area contributed by atoms with Crippen molar-refractivity contribution >= 4 is 12.0 Å². The molecule has 0 atom stereocenters. The molecule has 2 aromatic rings. The molecule has 22 heavy (non-hydrogen) atoms. The Morgan fingerprint density at radius 1 is 0.909 bits per heavy atom. The van der Waals surface area contributed by atoms with Crippen molar-refractivity contribution in [3.8, 4) is 11.8 Å². The van der Waals surface area contributed by atoms with Crippen LogP contribution in [0.25, 0.3) is 0 Å². The first-order valence-corrected chi connectivity index (χ1v) is 7.71. The van der Waals surface area contributed by atoms with Gasteiger partial charge in [0.05, 0.1) is 0 Å². The number of nitrogens with one attached hydrogen (secondary N) is 1. The molecule has 112 valence electrons. The minimum atomic E-state index is 0.711. The molecule has 0 radical (unpaired) electrons. The fourth-order valence-corrected chi connectivity index (χ4v) is 2.11. The molecule has 0 spiro atoms. The van der Waals surface area contributed by atoms with E-state index >= 15 is 0 Å². The second-order valence-corrected chi connectivity index (χ2v) is 5.15. The number of unbranched alkanes of at least 4 members (excludes halogenated alkanes) is 3. The lowest BCUT2D eigenvalue weighted by atomic mass is 10.1. The smallest absolute Gasteiger partial charge is 0.150 e. The first-order valence-electron chi connectivity index (χ1n) is 7.71. The zero-order chi connectivity index (χ0) is 15.5. The van der Waals surface area contributed by atoms with Gasteiger partial charge in [0, 0.05) is 29.8 Å². The van der Waals surface area contributed by atoms with Crippen molar-refractivity contribution in [1.82, 2.24) is 0 Å². The van der Waals surface area contributed by atoms with E-state index in [9.17, 15) is 4.79 Å². The van der Waals surface area contributed by atoms with Crippen LogP contribution in [0.2, 0.25) is 0 Å². The molecule has 2 rings (SSSR count). The third-order valence-corrected chi connectivity index (χ3v) is 3.36. The van der Waals surface area contributed by atoms with E-state index in [1.807, 2.05) is 54.6 Å². The summed E-state index contributed by atoms with van der Waals surface area (Å²) in [4.78, 5) is 10.6. The number of carbonyl (C=O) groups excluding carboxylic acids is 1. The highest BCUT2D eigenvalue weighted by molar-refractivity contribution is 5.75. The summed E-state index contributed by atoms with van der Waals surface area (Å²) in [6.45, 7) is 0.951. The van der Waals surface area contributed by atoms with Crippen LogP contribution in [-0.4, -0.2) is 12.8 Å². The van der Waals surface area contributed by atoms with E-state index in [0.717, 1.165) is 43.3 Å². The molecule has 0 heterocycles. The minimum absolute atomic E-state index is 0.711. The quantitative estimate of drug-likeness (QED) is 0.461. The number of benzene rings is 2. The molecule has 0 aliphatic heterocycles. The van der Waals surface area contributed by atoms with Crippen LogP contribution in [0.15, 0.2) is 54.6 Å². The first kappa shape index (κ1) is 15.9. The van der Waals surface area contributed by atoms with E-state index in [0.29, 0.717) is 5.56 Å². The molecule has 0 aliphatic rings. The number of aldehydes is 1. The highest BCUT2D eigenvalue weighted by Crippen LogP contribution is 2.09. The Labute approximate surface area is 132 Å². The van der Waals surface area contributed by atoms with Crippen LogP contribution in [-0.2, 0) is 0 Å². The van der Waals surface area contributed by atoms with Gasteiger partial charge in [0.25, 0.3) is 0 Å². The lowest BCUT2D eigenvalue weighted by molar-refractivity contribution is 0.112. The third-order valence-electron chi connectivity index (χ3n) is 3.36. The van der Waals surface area contributed by atoms with E-state index in [4.69, 9.17) is 0 Å². The summed E-state index contributed by atoms with van der Waals surface area (Å²) in [7, 11) is 0. The van der Waals surface area contributed by atoms with Crippen molar-refractivity contribution in [2.75, 3.05) is 11.9 Å². The largest absolute Gasteiger partial charge is 0.385 e. The van der Waals surface area contributed by atoms with Crippen LogP contribution in [0, 0.1) is 11.8 Å². The predicted octanol–water partition coefficient (Wildman–Crippen LogP) is 4.52. The molecule has 0 bridgehead atoms. The molecule has 0 unspecified atom stereocenters. The normalized spacial score (nSPS) is 9.64. The summed E-state index contributed by atoms with van der Waals surface area (Å²) >= 11 is 0. The van der Waals surface area contributed by atoms with E-state index in [1.54, 1.807) is 0 Å². The number of anilines is 1. The summed E-state index contributed by atoms with van der Waals surface area (Å²) in [6, 6.07) is 17.6. The van der Waals surface area contributed by atoms with E-state index in [2.05, 4.69) is 17.2 Å². The number of carbonyl (C=O) groups is 1. The van der Waals surface area contributed by atoms with E-state index in [1.165, 1.54) is 6.42 Å². The Bertz CT molecular complexity index is 620. The third kappa shape index (κ3) is 5.85. The SMILES string of the molecule is O=Cc1ccc(NCCCCCC#Cc2ccccc2)cc1. The number of rotatable bonds is 7. The van der Waals surface area contributed by atoms with Crippen LogP contribution in [0.4, 0.5) is 5.69 Å². The van der Waals surface area contributed by atoms with E-state index in [-0.39, 0.29) is 0 Å². The van der Waals surface area contributed by atoms with Crippen molar-refractivity contribution in [1.29, 1.82) is 0 Å². The van der Waals surface area contributed by atoms with Crippen LogP contribution in [0.1, 0.15) is 41.6 Å². The average Bonchev–Trinajstić information content (AvgIpc) is 2.59. The van der Waals surface area contributed by atoms with Crippen molar-refractivity contribution in [3.63, 3.8) is 0 Å². The Morgan fingerprint density at radius 3 is 2.41 bits per heavy atom. The van der Waals surface area contributed by atoms with Crippen molar-refractivity contribution < 1.29 is 4.79 Å². The van der Waals surface area contributed by atoms with Crippen molar-refractivity contribution in [2.24, 2.45) is 0 Å². The number of hydrogen-bond donors (Lipinski definition) is 1. The minimum Gasteiger partial charge on any atom is -0.385 e. The van der Waals surface area contributed by atoms with Crippen molar-refractivity contribution in [3.05, 3.63) is 65.7 Å². The molecule has 0 saturated heterocycles. The van der Waals surface area contributed by atoms with Gasteiger partial charge < -0.3 is 5.32 Å². The van der Waals surface area contributed by atoms with E-state index < -0.39 is 0 Å². The summed E-state index contributed by atoms with van der Waals surface area (Å²) in [5, 5.41) is 3.36. The highest BCUT2D eigenvalue weighted by atomic mass is 16.1. The van der Waals surface area contributed by atoms with Gasteiger partial charge >= 0.3 is 0 Å². The van der Waals surface area contributed by atoms with Gasteiger partial charge in [-0.1, -0.05) is 36.5 Å². The van der Waals surface area contributed by atoms with Crippen molar-refractivity contribution in [2.45, 2.75) is 25.7 Å². The molecule has 0 aromatic heterocycles. The lowest BCUT2D eigenvalue weighted by Gasteiger charge is -2.05. The molecular weight excluding hydrogens is 270 g/mol. The van der Waals surface area contributed by atoms with Crippen LogP contribution in [0.3, 0.4) is 0 Å². The Kier molecular flexibility index (Phi) is 6.78. The second kappa shape index (κ2) is 9.41. The molecule has 2 heteroatoms. The maximum absolute atomic E-state index is 10.6. The zero-order valence-electron chi connectivity index (χ0n) is 12.7. The second-order valence-electron chi connectivity index (χ2n) is 5.15. The van der Waals surface area contributed by atoms with Gasteiger partial charge in [-0.3, -0.25) is 4.79 Å².